The predicted molar refractivity (Wildman–Crippen MR) is 90.3 cm³/mol. The number of nitrogens with zero attached hydrogens (tertiary/aromatic N) is 4. The van der Waals surface area contributed by atoms with Gasteiger partial charge >= 0.3 is 0 Å². The Hall–Kier alpha value is -1.24. The van der Waals surface area contributed by atoms with Gasteiger partial charge in [-0.05, 0) is 6.07 Å². The number of hydrogen-bond acceptors (Lipinski definition) is 6. The summed E-state index contributed by atoms with van der Waals surface area (Å²) in [5.74, 6) is 1.43. The molecule has 0 spiro atoms. The van der Waals surface area contributed by atoms with Crippen LogP contribution in [0.5, 0.6) is 0 Å². The normalized spacial score (nSPS) is 15.4. The van der Waals surface area contributed by atoms with Crippen molar-refractivity contribution in [2.75, 3.05) is 48.3 Å². The molecule has 5 nitrogen and oxygen atoms in total. The van der Waals surface area contributed by atoms with Gasteiger partial charge in [0.2, 0.25) is 0 Å². The molecule has 0 saturated carbocycles. The summed E-state index contributed by atoms with van der Waals surface area (Å²) < 4.78 is 0. The number of nitrogens with one attached hydrogen (secondary N) is 1. The molecule has 1 N–H and O–H groups in total. The summed E-state index contributed by atoms with van der Waals surface area (Å²) in [4.78, 5) is 13.3. The molecule has 21 heavy (non-hydrogen) atoms. The van der Waals surface area contributed by atoms with Crippen molar-refractivity contribution >= 4 is 51.3 Å². The monoisotopic (exact) mass is 343 g/mol. The van der Waals surface area contributed by atoms with Crippen LogP contribution in [0, 0.1) is 0 Å². The molecule has 0 radical (unpaired) electrons. The van der Waals surface area contributed by atoms with E-state index in [4.69, 9.17) is 23.2 Å². The van der Waals surface area contributed by atoms with E-state index in [1.54, 1.807) is 24.5 Å². The highest BCUT2D eigenvalue weighted by Crippen LogP contribution is 2.32. The molecule has 0 aliphatic carbocycles. The van der Waals surface area contributed by atoms with Crippen molar-refractivity contribution in [2.24, 2.45) is 0 Å². The van der Waals surface area contributed by atoms with Crippen LogP contribution in [0.3, 0.4) is 0 Å². The zero-order chi connectivity index (χ0) is 14.8. The lowest BCUT2D eigenvalue weighted by molar-refractivity contribution is 0.646. The van der Waals surface area contributed by atoms with Gasteiger partial charge in [0, 0.05) is 44.8 Å². The molecular weight excluding hydrogens is 329 g/mol. The highest BCUT2D eigenvalue weighted by atomic mass is 35.5. The summed E-state index contributed by atoms with van der Waals surface area (Å²) in [6, 6.07) is 1.74. The minimum Gasteiger partial charge on any atom is -0.372 e. The Balaban J connectivity index is 1.75. The van der Waals surface area contributed by atoms with Crippen molar-refractivity contribution in [2.45, 2.75) is 0 Å². The molecule has 0 aromatic carbocycles. The zero-order valence-corrected chi connectivity index (χ0v) is 13.8. The number of thiazole rings is 1. The van der Waals surface area contributed by atoms with Crippen LogP contribution in [0.15, 0.2) is 17.6 Å². The van der Waals surface area contributed by atoms with E-state index >= 15 is 0 Å². The Morgan fingerprint density at radius 2 is 1.86 bits per heavy atom. The van der Waals surface area contributed by atoms with Crippen LogP contribution < -0.4 is 15.1 Å². The van der Waals surface area contributed by atoms with E-state index < -0.39 is 0 Å². The maximum absolute atomic E-state index is 6.29. The predicted octanol–water partition coefficient (Wildman–Crippen LogP) is 3.21. The fourth-order valence-electron chi connectivity index (χ4n) is 2.34. The van der Waals surface area contributed by atoms with Gasteiger partial charge in [-0.25, -0.2) is 9.97 Å². The lowest BCUT2D eigenvalue weighted by Gasteiger charge is -2.35. The first-order chi connectivity index (χ1) is 10.2. The summed E-state index contributed by atoms with van der Waals surface area (Å²) in [5, 5.41) is 7.17. The van der Waals surface area contributed by atoms with Gasteiger partial charge in [0.05, 0.1) is 10.0 Å². The van der Waals surface area contributed by atoms with Gasteiger partial charge in [-0.15, -0.1) is 11.3 Å². The first-order valence-electron chi connectivity index (χ1n) is 6.62. The maximum atomic E-state index is 6.29. The Morgan fingerprint density at radius 1 is 1.14 bits per heavy atom. The van der Waals surface area contributed by atoms with E-state index in [9.17, 15) is 0 Å². The number of aromatic nitrogens is 2. The van der Waals surface area contributed by atoms with Crippen LogP contribution in [0.25, 0.3) is 0 Å². The average Bonchev–Trinajstić information content (AvgIpc) is 3.02. The van der Waals surface area contributed by atoms with Crippen molar-refractivity contribution in [3.8, 4) is 0 Å². The number of rotatable bonds is 3. The van der Waals surface area contributed by atoms with Crippen LogP contribution >= 0.6 is 34.5 Å². The number of hydrogen-bond donors (Lipinski definition) is 1. The average molecular weight is 344 g/mol. The summed E-state index contributed by atoms with van der Waals surface area (Å²) in [5.41, 5.74) is 0. The quantitative estimate of drug-likeness (QED) is 0.926. The summed E-state index contributed by atoms with van der Waals surface area (Å²) >= 11 is 14.0. The van der Waals surface area contributed by atoms with Crippen molar-refractivity contribution in [3.05, 3.63) is 27.7 Å². The Bertz CT molecular complexity index is 611. The minimum absolute atomic E-state index is 0.535. The number of halogens is 2. The van der Waals surface area contributed by atoms with E-state index in [1.165, 1.54) is 0 Å². The summed E-state index contributed by atoms with van der Waals surface area (Å²) in [6.07, 6.45) is 1.84. The smallest absolute Gasteiger partial charge is 0.185 e. The van der Waals surface area contributed by atoms with Gasteiger partial charge in [-0.3, -0.25) is 0 Å². The first-order valence-corrected chi connectivity index (χ1v) is 8.26. The van der Waals surface area contributed by atoms with Gasteiger partial charge in [-0.2, -0.15) is 0 Å². The van der Waals surface area contributed by atoms with Crippen LogP contribution in [-0.4, -0.2) is 43.2 Å². The lowest BCUT2D eigenvalue weighted by atomic mass is 10.3. The standard InChI is InChI=1S/C13H15Cl2N5S/c1-16-11-9(14)8-10(15)12(18-11)19-3-5-20(6-4-19)13-17-2-7-21-13/h2,7-8H,3-6H2,1H3,(H,16,18). The second-order valence-electron chi connectivity index (χ2n) is 4.66. The van der Waals surface area contributed by atoms with Gasteiger partial charge in [-0.1, -0.05) is 23.2 Å². The van der Waals surface area contributed by atoms with Crippen molar-refractivity contribution < 1.29 is 0 Å². The third-order valence-electron chi connectivity index (χ3n) is 3.42. The Morgan fingerprint density at radius 3 is 2.48 bits per heavy atom. The molecule has 1 aliphatic rings. The highest BCUT2D eigenvalue weighted by molar-refractivity contribution is 7.13. The van der Waals surface area contributed by atoms with Crippen LogP contribution in [0.2, 0.25) is 10.0 Å². The van der Waals surface area contributed by atoms with Crippen molar-refractivity contribution in [3.63, 3.8) is 0 Å². The maximum Gasteiger partial charge on any atom is 0.185 e. The zero-order valence-electron chi connectivity index (χ0n) is 11.5. The van der Waals surface area contributed by atoms with Crippen LogP contribution in [-0.2, 0) is 0 Å². The van der Waals surface area contributed by atoms with Gasteiger partial charge < -0.3 is 15.1 Å². The second kappa shape index (κ2) is 6.25. The third kappa shape index (κ3) is 3.02. The van der Waals surface area contributed by atoms with Crippen LogP contribution in [0.1, 0.15) is 0 Å². The molecule has 0 atom stereocenters. The lowest BCUT2D eigenvalue weighted by Crippen LogP contribution is -2.47. The fraction of sp³-hybridized carbons (Fsp3) is 0.385. The van der Waals surface area contributed by atoms with E-state index in [-0.39, 0.29) is 0 Å². The molecule has 3 rings (SSSR count). The van der Waals surface area contributed by atoms with E-state index in [1.807, 2.05) is 11.6 Å². The SMILES string of the molecule is CNc1nc(N2CCN(c3nccs3)CC2)c(Cl)cc1Cl. The molecule has 3 heterocycles. The second-order valence-corrected chi connectivity index (χ2v) is 6.35. The number of piperazine rings is 1. The Kier molecular flexibility index (Phi) is 4.37. The Labute approximate surface area is 137 Å². The molecule has 0 amide bonds. The molecule has 1 saturated heterocycles. The molecule has 2 aromatic rings. The molecule has 1 aliphatic heterocycles. The molecule has 112 valence electrons. The summed E-state index contributed by atoms with van der Waals surface area (Å²) in [7, 11) is 1.80. The number of anilines is 3. The fourth-order valence-corrected chi connectivity index (χ4v) is 3.60. The largest absolute Gasteiger partial charge is 0.372 e. The summed E-state index contributed by atoms with van der Waals surface area (Å²) in [6.45, 7) is 3.53. The molecule has 0 bridgehead atoms. The molecule has 2 aromatic heterocycles. The van der Waals surface area contributed by atoms with Gasteiger partial charge in [0.1, 0.15) is 11.6 Å². The molecule has 0 unspecified atom stereocenters. The molecule has 1 fully saturated rings. The van der Waals surface area contributed by atoms with Gasteiger partial charge in [0.25, 0.3) is 0 Å². The molecule has 8 heteroatoms. The van der Waals surface area contributed by atoms with Gasteiger partial charge in [0.15, 0.2) is 5.13 Å². The third-order valence-corrected chi connectivity index (χ3v) is 4.82. The van der Waals surface area contributed by atoms with E-state index in [0.29, 0.717) is 15.9 Å². The number of pyridine rings is 1. The highest BCUT2D eigenvalue weighted by Gasteiger charge is 2.22. The first kappa shape index (κ1) is 14.7. The topological polar surface area (TPSA) is 44.3 Å². The molecular formula is C13H15Cl2N5S. The minimum atomic E-state index is 0.535. The van der Waals surface area contributed by atoms with Crippen LogP contribution in [0.4, 0.5) is 16.8 Å². The van der Waals surface area contributed by atoms with Crippen molar-refractivity contribution in [1.82, 2.24) is 9.97 Å². The van der Waals surface area contributed by atoms with E-state index in [0.717, 1.165) is 37.1 Å². The van der Waals surface area contributed by atoms with E-state index in [2.05, 4.69) is 25.1 Å². The van der Waals surface area contributed by atoms with Crippen molar-refractivity contribution in [1.29, 1.82) is 0 Å².